The number of benzene rings is 1. The highest BCUT2D eigenvalue weighted by Gasteiger charge is 2.39. The molecule has 0 saturated heterocycles. The second kappa shape index (κ2) is 32.1. The van der Waals surface area contributed by atoms with Gasteiger partial charge in [-0.15, -0.1) is 0 Å². The predicted octanol–water partition coefficient (Wildman–Crippen LogP) is 3.94. The van der Waals surface area contributed by atoms with Gasteiger partial charge in [0, 0.05) is 44.2 Å². The number of cyclic esters (lactones) is 2. The lowest BCUT2D eigenvalue weighted by Gasteiger charge is -2.36. The third-order valence-electron chi connectivity index (χ3n) is 13.6. The van der Waals surface area contributed by atoms with Crippen molar-refractivity contribution in [3.63, 3.8) is 0 Å². The molecule has 21 nitrogen and oxygen atoms in total. The lowest BCUT2D eigenvalue weighted by atomic mass is 9.90. The van der Waals surface area contributed by atoms with Gasteiger partial charge < -0.3 is 53.5 Å². The second-order valence-electron chi connectivity index (χ2n) is 20.9. The molecule has 0 aliphatic carbocycles. The normalized spacial score (nSPS) is 25.8. The van der Waals surface area contributed by atoms with Gasteiger partial charge in [-0.1, -0.05) is 83.5 Å². The highest BCUT2D eigenvalue weighted by atomic mass is 28.4. The fourth-order valence-electron chi connectivity index (χ4n) is 8.57. The largest absolute Gasteiger partial charge is 0.456 e. The maximum atomic E-state index is 14.3. The summed E-state index contributed by atoms with van der Waals surface area (Å²) in [5.41, 5.74) is 1.54. The molecule has 0 bridgehead atoms. The molecule has 2 aliphatic rings. The van der Waals surface area contributed by atoms with Gasteiger partial charge in [0.15, 0.2) is 6.10 Å². The van der Waals surface area contributed by atoms with Crippen LogP contribution in [0.25, 0.3) is 0 Å². The van der Waals surface area contributed by atoms with Crippen LogP contribution in [-0.4, -0.2) is 179 Å². The Morgan fingerprint density at radius 1 is 0.808 bits per heavy atom. The van der Waals surface area contributed by atoms with Crippen molar-refractivity contribution in [3.05, 3.63) is 71.3 Å². The summed E-state index contributed by atoms with van der Waals surface area (Å²) in [6.45, 7) is 21.5. The maximum absolute atomic E-state index is 14.3. The quantitative estimate of drug-likeness (QED) is 0.0583. The van der Waals surface area contributed by atoms with Gasteiger partial charge in [0.05, 0.1) is 52.2 Å². The average Bonchev–Trinajstić information content (AvgIpc) is 3.72. The van der Waals surface area contributed by atoms with Gasteiger partial charge in [0.2, 0.25) is 23.6 Å². The maximum Gasteiger partial charge on any atom is 0.334 e. The Hall–Kier alpha value is -6.07. The average molecular weight is 1110 g/mol. The Kier molecular flexibility index (Phi) is 27.3. The highest BCUT2D eigenvalue weighted by molar-refractivity contribution is 6.64. The lowest BCUT2D eigenvalue weighted by Crippen LogP contribution is -2.57. The van der Waals surface area contributed by atoms with Crippen LogP contribution in [0.4, 0.5) is 0 Å². The van der Waals surface area contributed by atoms with Crippen molar-refractivity contribution in [1.82, 2.24) is 30.7 Å². The van der Waals surface area contributed by atoms with Crippen molar-refractivity contribution >= 4 is 61.8 Å². The van der Waals surface area contributed by atoms with Crippen molar-refractivity contribution < 1.29 is 71.0 Å². The van der Waals surface area contributed by atoms with E-state index in [1.807, 2.05) is 46.9 Å². The minimum absolute atomic E-state index is 0.0634. The van der Waals surface area contributed by atoms with E-state index in [-0.39, 0.29) is 82.1 Å². The molecule has 2 heterocycles. The van der Waals surface area contributed by atoms with Gasteiger partial charge in [-0.3, -0.25) is 38.5 Å². The topological polar surface area (TPSA) is 255 Å². The molecular weight excluding hydrogens is 1020 g/mol. The minimum atomic E-state index is -3.07. The first kappa shape index (κ1) is 66.2. The summed E-state index contributed by atoms with van der Waals surface area (Å²) in [4.78, 5) is 125. The molecule has 22 heteroatoms. The van der Waals surface area contributed by atoms with Crippen LogP contribution >= 0.6 is 0 Å². The Bertz CT molecular complexity index is 2310. The zero-order valence-electron chi connectivity index (χ0n) is 48.2. The summed E-state index contributed by atoms with van der Waals surface area (Å²) in [7, 11) is -0.219. The molecule has 1 aromatic rings. The zero-order valence-corrected chi connectivity index (χ0v) is 49.2. The van der Waals surface area contributed by atoms with Crippen LogP contribution in [-0.2, 0) is 77.4 Å². The van der Waals surface area contributed by atoms with Gasteiger partial charge in [0.1, 0.15) is 30.3 Å². The molecule has 434 valence electrons. The highest BCUT2D eigenvalue weighted by Crippen LogP contribution is 2.28. The van der Waals surface area contributed by atoms with Crippen molar-refractivity contribution in [1.29, 1.82) is 0 Å². The van der Waals surface area contributed by atoms with E-state index in [9.17, 15) is 43.2 Å². The van der Waals surface area contributed by atoms with E-state index in [0.29, 0.717) is 12.0 Å². The van der Waals surface area contributed by atoms with Gasteiger partial charge in [-0.25, -0.2) is 9.59 Å². The van der Waals surface area contributed by atoms with Crippen molar-refractivity contribution in [2.75, 3.05) is 60.2 Å². The van der Waals surface area contributed by atoms with E-state index in [1.54, 1.807) is 64.1 Å². The first-order valence-electron chi connectivity index (χ1n) is 26.9. The van der Waals surface area contributed by atoms with Crippen molar-refractivity contribution in [2.45, 2.75) is 150 Å². The number of nitrogens with one attached hydrogen (secondary N) is 3. The Balaban J connectivity index is 1.99. The molecule has 1 unspecified atom stereocenters. The van der Waals surface area contributed by atoms with E-state index in [4.69, 9.17) is 27.8 Å². The van der Waals surface area contributed by atoms with E-state index in [0.717, 1.165) is 10.5 Å². The molecule has 0 radical (unpaired) electrons. The van der Waals surface area contributed by atoms with E-state index < -0.39 is 111 Å². The summed E-state index contributed by atoms with van der Waals surface area (Å²) in [6, 6.07) is 4.37. The number of allylic oxidation sites excluding steroid dienone is 1. The summed E-state index contributed by atoms with van der Waals surface area (Å²) < 4.78 is 36.4. The van der Waals surface area contributed by atoms with Crippen LogP contribution in [0.2, 0.25) is 13.1 Å². The van der Waals surface area contributed by atoms with Gasteiger partial charge in [-0.05, 0) is 83.5 Å². The van der Waals surface area contributed by atoms with E-state index in [1.165, 1.54) is 49.9 Å². The van der Waals surface area contributed by atoms with Crippen molar-refractivity contribution in [3.8, 4) is 0 Å². The smallest absolute Gasteiger partial charge is 0.334 e. The number of ether oxygens (including phenoxy) is 4. The molecule has 2 aliphatic heterocycles. The number of carbonyl (C=O) groups excluding carboxylic acids is 9. The van der Waals surface area contributed by atoms with E-state index >= 15 is 0 Å². The molecule has 0 saturated carbocycles. The molecule has 9 atom stereocenters. The van der Waals surface area contributed by atoms with Crippen LogP contribution in [0.15, 0.2) is 65.8 Å². The molecule has 3 N–H and O–H groups in total. The monoisotopic (exact) mass is 1110 g/mol. The summed E-state index contributed by atoms with van der Waals surface area (Å²) >= 11 is 0. The molecule has 1 aromatic carbocycles. The molecule has 3 rings (SSSR count). The van der Waals surface area contributed by atoms with Crippen molar-refractivity contribution in [2.24, 2.45) is 17.8 Å². The Morgan fingerprint density at radius 3 is 2.01 bits per heavy atom. The minimum Gasteiger partial charge on any atom is -0.456 e. The predicted molar refractivity (Wildman–Crippen MR) is 293 cm³/mol. The number of rotatable bonds is 19. The summed E-state index contributed by atoms with van der Waals surface area (Å²) in [5, 5.41) is 8.19. The van der Waals surface area contributed by atoms with Crippen LogP contribution in [0.5, 0.6) is 0 Å². The number of carbonyl (C=O) groups is 9. The number of hydrogen-bond donors (Lipinski definition) is 3. The molecular formula is C56H86N6O15Si. The van der Waals surface area contributed by atoms with Crippen LogP contribution < -0.4 is 16.0 Å². The van der Waals surface area contributed by atoms with Gasteiger partial charge in [0.25, 0.3) is 17.7 Å². The van der Waals surface area contributed by atoms with E-state index in [2.05, 4.69) is 16.0 Å². The molecule has 0 fully saturated rings. The Morgan fingerprint density at radius 2 is 1.41 bits per heavy atom. The SMILES string of the molecule is C/C=C(\C)[C@H]1OC(=O)[C@@H](C)NC(=O)[C@H](C(C)CC)NC(=O)CN(C)C(=O)[C@@H](Cc2ccccc2)N(C)C(=O)[C@H](C)NC(=O)[C@@H](CC(C)C)OC(=O)/C(C)=C/C[C@H](O[Si](C)(C)OCCOCCOCCN2C(=O)C=CC2=O)[C@@H]1C. The zero-order chi connectivity index (χ0) is 58.4. The van der Waals surface area contributed by atoms with Crippen LogP contribution in [0.1, 0.15) is 94.1 Å². The molecule has 78 heavy (non-hydrogen) atoms. The molecule has 0 spiro atoms. The first-order valence-corrected chi connectivity index (χ1v) is 29.7. The third kappa shape index (κ3) is 21.0. The number of imide groups is 1. The van der Waals surface area contributed by atoms with Gasteiger partial charge >= 0.3 is 20.5 Å². The first-order chi connectivity index (χ1) is 36.7. The molecule has 7 amide bonds. The van der Waals surface area contributed by atoms with Crippen LogP contribution in [0, 0.1) is 17.8 Å². The lowest BCUT2D eigenvalue weighted by molar-refractivity contribution is -0.155. The van der Waals surface area contributed by atoms with Crippen LogP contribution in [0.3, 0.4) is 0 Å². The number of hydrogen-bond acceptors (Lipinski definition) is 15. The number of likely N-dealkylation sites (N-methyl/N-ethyl adjacent to an activating group) is 2. The second-order valence-corrected chi connectivity index (χ2v) is 24.3. The Labute approximate surface area is 461 Å². The van der Waals surface area contributed by atoms with Gasteiger partial charge in [-0.2, -0.15) is 0 Å². The number of nitrogens with zero attached hydrogens (tertiary/aromatic N) is 3. The third-order valence-corrected chi connectivity index (χ3v) is 15.4. The fraction of sp³-hybridized carbons (Fsp3) is 0.625. The number of esters is 2. The standard InChI is InChI=1S/C56H86N6O15Si/c1-15-36(5)49-52(67)58-41(10)56(71)76-50(37(6)16-2)39(8)44(77-78(13,14)74-31-30-73-29-28-72-27-26-62-47(64)24-25-48(62)65)23-22-38(7)55(70)75-45(32-35(3)4)51(66)57-40(9)53(68)61(12)43(33-42-20-18-17-19-21-42)54(69)60(11)34-46(63)59-49/h16-22,24-25,35-36,39-41,43-45,49-50H,15,23,26-34H2,1-14H3,(H,57,66)(H,58,67)(H,59,63)/b37-16+,38-22+/t36?,39-,40-,41+,43+,44-,45+,49-,50+/m0/s1. The summed E-state index contributed by atoms with van der Waals surface area (Å²) in [6.07, 6.45) is 3.60. The molecule has 0 aromatic heterocycles. The fourth-order valence-corrected chi connectivity index (χ4v) is 10.2. The number of amides is 7. The summed E-state index contributed by atoms with van der Waals surface area (Å²) in [5.74, 6) is -6.70.